The quantitative estimate of drug-likeness (QED) is 0.678. The highest BCUT2D eigenvalue weighted by Crippen LogP contribution is 2.17. The SMILES string of the molecule is CNC1COCC1C(=O)NC1CCN(S(C)(=O)=O)CC1. The lowest BCUT2D eigenvalue weighted by Crippen LogP contribution is -2.50. The maximum absolute atomic E-state index is 12.2. The number of carbonyl (C=O) groups excluding carboxylic acids is 1. The zero-order chi connectivity index (χ0) is 14.8. The van der Waals surface area contributed by atoms with E-state index in [0.717, 1.165) is 0 Å². The van der Waals surface area contributed by atoms with E-state index in [1.165, 1.54) is 10.6 Å². The monoisotopic (exact) mass is 305 g/mol. The van der Waals surface area contributed by atoms with Crippen LogP contribution in [0.4, 0.5) is 0 Å². The summed E-state index contributed by atoms with van der Waals surface area (Å²) >= 11 is 0. The van der Waals surface area contributed by atoms with E-state index in [2.05, 4.69) is 10.6 Å². The molecule has 2 fully saturated rings. The molecule has 0 aromatic heterocycles. The number of amides is 1. The third-order valence-electron chi connectivity index (χ3n) is 4.06. The molecule has 2 N–H and O–H groups in total. The highest BCUT2D eigenvalue weighted by Gasteiger charge is 2.34. The Morgan fingerprint density at radius 1 is 1.25 bits per heavy atom. The van der Waals surface area contributed by atoms with Gasteiger partial charge in [0.1, 0.15) is 0 Å². The summed E-state index contributed by atoms with van der Waals surface area (Å²) in [6, 6.07) is 0.115. The van der Waals surface area contributed by atoms with Gasteiger partial charge in [-0.05, 0) is 19.9 Å². The van der Waals surface area contributed by atoms with Crippen LogP contribution < -0.4 is 10.6 Å². The molecule has 0 aromatic rings. The molecule has 2 aliphatic rings. The first-order chi connectivity index (χ1) is 9.41. The molecule has 0 saturated carbocycles. The van der Waals surface area contributed by atoms with Crippen molar-refractivity contribution in [3.63, 3.8) is 0 Å². The van der Waals surface area contributed by atoms with E-state index in [-0.39, 0.29) is 23.9 Å². The summed E-state index contributed by atoms with van der Waals surface area (Å²) in [5, 5.41) is 6.10. The van der Waals surface area contributed by atoms with Crippen LogP contribution in [0.2, 0.25) is 0 Å². The van der Waals surface area contributed by atoms with Crippen molar-refractivity contribution < 1.29 is 17.9 Å². The summed E-state index contributed by atoms with van der Waals surface area (Å²) in [6.07, 6.45) is 2.55. The molecule has 2 rings (SSSR count). The lowest BCUT2D eigenvalue weighted by atomic mass is 10.0. The number of hydrogen-bond acceptors (Lipinski definition) is 5. The van der Waals surface area contributed by atoms with Crippen molar-refractivity contribution in [2.75, 3.05) is 39.6 Å². The lowest BCUT2D eigenvalue weighted by Gasteiger charge is -2.31. The fraction of sp³-hybridized carbons (Fsp3) is 0.917. The fourth-order valence-corrected chi connectivity index (χ4v) is 3.61. The Morgan fingerprint density at radius 3 is 2.45 bits per heavy atom. The molecule has 20 heavy (non-hydrogen) atoms. The van der Waals surface area contributed by atoms with Gasteiger partial charge in [-0.3, -0.25) is 4.79 Å². The van der Waals surface area contributed by atoms with Crippen LogP contribution in [0.25, 0.3) is 0 Å². The predicted octanol–water partition coefficient (Wildman–Crippen LogP) is -1.24. The summed E-state index contributed by atoms with van der Waals surface area (Å²) in [5.41, 5.74) is 0. The number of rotatable bonds is 4. The van der Waals surface area contributed by atoms with Crippen LogP contribution in [-0.2, 0) is 19.6 Å². The minimum Gasteiger partial charge on any atom is -0.379 e. The molecule has 0 spiro atoms. The van der Waals surface area contributed by atoms with Crippen LogP contribution in [0.5, 0.6) is 0 Å². The standard InChI is InChI=1S/C12H23N3O4S/c1-13-11-8-19-7-10(11)12(16)14-9-3-5-15(6-4-9)20(2,17)18/h9-11,13H,3-8H2,1-2H3,(H,14,16). The second kappa shape index (κ2) is 6.38. The summed E-state index contributed by atoms with van der Waals surface area (Å²) in [6.45, 7) is 1.95. The van der Waals surface area contributed by atoms with Gasteiger partial charge in [-0.2, -0.15) is 0 Å². The van der Waals surface area contributed by atoms with Gasteiger partial charge in [0.25, 0.3) is 0 Å². The minimum absolute atomic E-state index is 0.000319. The highest BCUT2D eigenvalue weighted by molar-refractivity contribution is 7.88. The topological polar surface area (TPSA) is 87.7 Å². The Bertz CT molecular complexity index is 446. The van der Waals surface area contributed by atoms with E-state index in [1.807, 2.05) is 7.05 Å². The fourth-order valence-electron chi connectivity index (χ4n) is 2.74. The van der Waals surface area contributed by atoms with Gasteiger partial charge >= 0.3 is 0 Å². The molecule has 2 aliphatic heterocycles. The molecule has 2 unspecified atom stereocenters. The van der Waals surface area contributed by atoms with Crippen LogP contribution in [-0.4, -0.2) is 70.3 Å². The van der Waals surface area contributed by atoms with E-state index in [9.17, 15) is 13.2 Å². The van der Waals surface area contributed by atoms with Crippen molar-refractivity contribution in [2.45, 2.75) is 24.9 Å². The largest absolute Gasteiger partial charge is 0.379 e. The second-order valence-corrected chi connectivity index (χ2v) is 7.47. The average molecular weight is 305 g/mol. The Hall–Kier alpha value is -0.700. The molecule has 1 amide bonds. The van der Waals surface area contributed by atoms with Gasteiger partial charge in [0, 0.05) is 25.2 Å². The van der Waals surface area contributed by atoms with Crippen LogP contribution in [0, 0.1) is 5.92 Å². The van der Waals surface area contributed by atoms with Crippen LogP contribution in [0.15, 0.2) is 0 Å². The number of piperidine rings is 1. The molecule has 0 aromatic carbocycles. The van der Waals surface area contributed by atoms with Crippen molar-refractivity contribution in [1.82, 2.24) is 14.9 Å². The van der Waals surface area contributed by atoms with Crippen molar-refractivity contribution >= 4 is 15.9 Å². The van der Waals surface area contributed by atoms with Crippen molar-refractivity contribution in [3.05, 3.63) is 0 Å². The molecule has 116 valence electrons. The van der Waals surface area contributed by atoms with E-state index in [0.29, 0.717) is 39.1 Å². The summed E-state index contributed by atoms with van der Waals surface area (Å²) < 4.78 is 29.6. The van der Waals surface area contributed by atoms with E-state index in [4.69, 9.17) is 4.74 Å². The van der Waals surface area contributed by atoms with Crippen LogP contribution >= 0.6 is 0 Å². The number of sulfonamides is 1. The second-order valence-electron chi connectivity index (χ2n) is 5.48. The Kier molecular flexibility index (Phi) is 5.00. The number of carbonyl (C=O) groups is 1. The van der Waals surface area contributed by atoms with Crippen molar-refractivity contribution in [1.29, 1.82) is 0 Å². The van der Waals surface area contributed by atoms with Gasteiger partial charge in [-0.15, -0.1) is 0 Å². The Labute approximate surface area is 120 Å². The highest BCUT2D eigenvalue weighted by atomic mass is 32.2. The third kappa shape index (κ3) is 3.69. The zero-order valence-corrected chi connectivity index (χ0v) is 12.8. The van der Waals surface area contributed by atoms with Gasteiger partial charge in [-0.1, -0.05) is 0 Å². The van der Waals surface area contributed by atoms with Crippen LogP contribution in [0.3, 0.4) is 0 Å². The predicted molar refractivity (Wildman–Crippen MR) is 74.7 cm³/mol. The first-order valence-electron chi connectivity index (χ1n) is 6.92. The maximum atomic E-state index is 12.2. The maximum Gasteiger partial charge on any atom is 0.227 e. The summed E-state index contributed by atoms with van der Waals surface area (Å²) in [7, 11) is -1.29. The van der Waals surface area contributed by atoms with E-state index in [1.54, 1.807) is 0 Å². The van der Waals surface area contributed by atoms with Gasteiger partial charge in [0.05, 0.1) is 25.4 Å². The molecular weight excluding hydrogens is 282 g/mol. The molecule has 8 heteroatoms. The summed E-state index contributed by atoms with van der Waals surface area (Å²) in [5.74, 6) is -0.160. The molecule has 7 nitrogen and oxygen atoms in total. The molecule has 0 radical (unpaired) electrons. The molecule has 2 atom stereocenters. The zero-order valence-electron chi connectivity index (χ0n) is 12.0. The van der Waals surface area contributed by atoms with Crippen molar-refractivity contribution in [2.24, 2.45) is 5.92 Å². The number of nitrogens with zero attached hydrogens (tertiary/aromatic N) is 1. The average Bonchev–Trinajstić information content (AvgIpc) is 2.86. The Balaban J connectivity index is 1.82. The minimum atomic E-state index is -3.12. The molecule has 0 bridgehead atoms. The molecule has 2 heterocycles. The number of likely N-dealkylation sites (N-methyl/N-ethyl adjacent to an activating group) is 1. The van der Waals surface area contributed by atoms with Gasteiger partial charge < -0.3 is 15.4 Å². The summed E-state index contributed by atoms with van der Waals surface area (Å²) in [4.78, 5) is 12.2. The van der Waals surface area contributed by atoms with Crippen molar-refractivity contribution in [3.8, 4) is 0 Å². The molecule has 2 saturated heterocycles. The number of nitrogens with one attached hydrogen (secondary N) is 2. The first kappa shape index (κ1) is 15.7. The first-order valence-corrected chi connectivity index (χ1v) is 8.77. The van der Waals surface area contributed by atoms with Crippen LogP contribution in [0.1, 0.15) is 12.8 Å². The third-order valence-corrected chi connectivity index (χ3v) is 5.36. The number of ether oxygens (including phenoxy) is 1. The Morgan fingerprint density at radius 2 is 1.90 bits per heavy atom. The number of hydrogen-bond donors (Lipinski definition) is 2. The lowest BCUT2D eigenvalue weighted by molar-refractivity contribution is -0.126. The van der Waals surface area contributed by atoms with Gasteiger partial charge in [-0.25, -0.2) is 12.7 Å². The van der Waals surface area contributed by atoms with Gasteiger partial charge in [0.2, 0.25) is 15.9 Å². The van der Waals surface area contributed by atoms with E-state index >= 15 is 0 Å². The smallest absolute Gasteiger partial charge is 0.227 e. The molecular formula is C12H23N3O4S. The van der Waals surface area contributed by atoms with E-state index < -0.39 is 10.0 Å². The molecule has 0 aliphatic carbocycles. The normalized spacial score (nSPS) is 29.5. The van der Waals surface area contributed by atoms with Gasteiger partial charge in [0.15, 0.2) is 0 Å².